The third-order valence-electron chi connectivity index (χ3n) is 7.85. The SMILES string of the molecule is CCCOCCOCCOCCOCCOCCOCCOCCOCCOCCOCCOCCOCCOCCOCCOCCOCCOCCOCCOCCOCCOC. The Kier molecular flexibility index (Phi) is 62.3. The molecule has 0 aromatic heterocycles. The van der Waals surface area contributed by atoms with Gasteiger partial charge in [-0.2, -0.15) is 0 Å². The van der Waals surface area contributed by atoms with Gasteiger partial charge in [0.15, 0.2) is 0 Å². The van der Waals surface area contributed by atoms with Crippen LogP contribution in [-0.2, 0) is 99.5 Å². The second-order valence-corrected chi connectivity index (χ2v) is 13.2. The summed E-state index contributed by atoms with van der Waals surface area (Å²) in [5.74, 6) is 0. The Labute approximate surface area is 390 Å². The van der Waals surface area contributed by atoms with E-state index in [1.807, 2.05) is 0 Å². The highest BCUT2D eigenvalue weighted by Crippen LogP contribution is 1.90. The van der Waals surface area contributed by atoms with Crippen molar-refractivity contribution >= 4 is 0 Å². The Bertz CT molecular complexity index is 750. The van der Waals surface area contributed by atoms with E-state index in [0.717, 1.165) is 13.0 Å². The molecule has 0 saturated carbocycles. The zero-order valence-corrected chi connectivity index (χ0v) is 40.3. The van der Waals surface area contributed by atoms with Crippen molar-refractivity contribution < 1.29 is 99.5 Å². The molecule has 0 fully saturated rings. The van der Waals surface area contributed by atoms with E-state index in [2.05, 4.69) is 6.92 Å². The molecule has 392 valence electrons. The van der Waals surface area contributed by atoms with Gasteiger partial charge in [0.05, 0.1) is 264 Å². The van der Waals surface area contributed by atoms with Crippen LogP contribution < -0.4 is 0 Å². The van der Waals surface area contributed by atoms with Crippen LogP contribution in [0.5, 0.6) is 0 Å². The maximum absolute atomic E-state index is 5.51. The molecule has 21 heteroatoms. The summed E-state index contributed by atoms with van der Waals surface area (Å²) in [5.41, 5.74) is 0. The number of ether oxygens (including phenoxy) is 21. The molecular weight excluding hydrogens is 864 g/mol. The predicted molar refractivity (Wildman–Crippen MR) is 239 cm³/mol. The van der Waals surface area contributed by atoms with Crippen molar-refractivity contribution in [3.8, 4) is 0 Å². The minimum absolute atomic E-state index is 0.494. The highest BCUT2D eigenvalue weighted by Gasteiger charge is 1.99. The van der Waals surface area contributed by atoms with Crippen LogP contribution in [0.3, 0.4) is 0 Å². The number of rotatable bonds is 62. The minimum atomic E-state index is 0.494. The third kappa shape index (κ3) is 63.2. The lowest BCUT2D eigenvalue weighted by Gasteiger charge is -2.09. The molecule has 0 N–H and O–H groups in total. The van der Waals surface area contributed by atoms with Crippen molar-refractivity contribution in [2.75, 3.05) is 278 Å². The molecule has 0 heterocycles. The van der Waals surface area contributed by atoms with E-state index in [9.17, 15) is 0 Å². The zero-order chi connectivity index (χ0) is 46.5. The lowest BCUT2D eigenvalue weighted by molar-refractivity contribution is -0.0315. The van der Waals surface area contributed by atoms with Gasteiger partial charge in [-0.3, -0.25) is 0 Å². The summed E-state index contributed by atoms with van der Waals surface area (Å²) in [7, 11) is 1.64. The maximum Gasteiger partial charge on any atom is 0.0701 e. The molecular formula is C44H90O21. The molecule has 0 aromatic carbocycles. The van der Waals surface area contributed by atoms with Crippen molar-refractivity contribution in [2.24, 2.45) is 0 Å². The first kappa shape index (κ1) is 64.2. The van der Waals surface area contributed by atoms with Crippen LogP contribution in [0.2, 0.25) is 0 Å². The van der Waals surface area contributed by atoms with Gasteiger partial charge in [-0.05, 0) is 6.42 Å². The van der Waals surface area contributed by atoms with E-state index in [0.29, 0.717) is 264 Å². The summed E-state index contributed by atoms with van der Waals surface area (Å²) in [5, 5.41) is 0. The van der Waals surface area contributed by atoms with E-state index in [1.165, 1.54) is 0 Å². The van der Waals surface area contributed by atoms with Gasteiger partial charge in [-0.1, -0.05) is 6.92 Å². The van der Waals surface area contributed by atoms with Crippen LogP contribution in [0.1, 0.15) is 13.3 Å². The van der Waals surface area contributed by atoms with Crippen LogP contribution in [-0.4, -0.2) is 278 Å². The molecule has 0 aliphatic heterocycles. The van der Waals surface area contributed by atoms with E-state index in [-0.39, 0.29) is 0 Å². The topological polar surface area (TPSA) is 194 Å². The molecule has 0 atom stereocenters. The number of hydrogen-bond donors (Lipinski definition) is 0. The predicted octanol–water partition coefficient (Wildman–Crippen LogP) is 1.37. The van der Waals surface area contributed by atoms with Gasteiger partial charge < -0.3 is 99.5 Å². The fraction of sp³-hybridized carbons (Fsp3) is 1.00. The maximum atomic E-state index is 5.51. The molecule has 0 aliphatic carbocycles. The first-order valence-corrected chi connectivity index (χ1v) is 23.5. The monoisotopic (exact) mass is 955 g/mol. The molecule has 0 amide bonds. The molecule has 0 saturated heterocycles. The largest absolute Gasteiger partial charge is 0.382 e. The lowest BCUT2D eigenvalue weighted by atomic mass is 10.5. The van der Waals surface area contributed by atoms with Gasteiger partial charge >= 0.3 is 0 Å². The highest BCUT2D eigenvalue weighted by atomic mass is 16.6. The van der Waals surface area contributed by atoms with Crippen molar-refractivity contribution in [1.29, 1.82) is 0 Å². The molecule has 65 heavy (non-hydrogen) atoms. The standard InChI is InChI=1S/C44H90O21/c1-3-4-46-7-8-48-11-12-50-15-16-52-19-20-54-23-24-56-27-28-58-31-32-60-35-36-62-39-40-64-43-44-65-42-41-63-38-37-61-34-33-59-30-29-57-26-25-55-22-21-53-18-17-51-14-13-49-10-9-47-6-5-45-2/h3-44H2,1-2H3. The van der Waals surface area contributed by atoms with Crippen molar-refractivity contribution in [3.05, 3.63) is 0 Å². The second-order valence-electron chi connectivity index (χ2n) is 13.2. The molecule has 0 aromatic rings. The van der Waals surface area contributed by atoms with Crippen molar-refractivity contribution in [3.63, 3.8) is 0 Å². The van der Waals surface area contributed by atoms with Gasteiger partial charge in [-0.15, -0.1) is 0 Å². The average molecular weight is 955 g/mol. The first-order chi connectivity index (χ1) is 32.4. The van der Waals surface area contributed by atoms with E-state index < -0.39 is 0 Å². The highest BCUT2D eigenvalue weighted by molar-refractivity contribution is 4.42. The van der Waals surface area contributed by atoms with Gasteiger partial charge in [-0.25, -0.2) is 0 Å². The van der Waals surface area contributed by atoms with Crippen molar-refractivity contribution in [2.45, 2.75) is 13.3 Å². The average Bonchev–Trinajstić information content (AvgIpc) is 3.32. The summed E-state index contributed by atoms with van der Waals surface area (Å²) in [6.07, 6.45) is 1.02. The van der Waals surface area contributed by atoms with Crippen molar-refractivity contribution in [1.82, 2.24) is 0 Å². The molecule has 0 aliphatic rings. The third-order valence-corrected chi connectivity index (χ3v) is 7.85. The zero-order valence-electron chi connectivity index (χ0n) is 40.3. The quantitative estimate of drug-likeness (QED) is 0.0793. The Morgan fingerprint density at radius 3 is 0.323 bits per heavy atom. The fourth-order valence-corrected chi connectivity index (χ4v) is 4.57. The Morgan fingerprint density at radius 2 is 0.231 bits per heavy atom. The van der Waals surface area contributed by atoms with Crippen LogP contribution in [0.25, 0.3) is 0 Å². The van der Waals surface area contributed by atoms with Crippen LogP contribution >= 0.6 is 0 Å². The second kappa shape index (κ2) is 63.2. The molecule has 0 spiro atoms. The Balaban J connectivity index is 3.06. The smallest absolute Gasteiger partial charge is 0.0701 e. The summed E-state index contributed by atoms with van der Waals surface area (Å²) >= 11 is 0. The van der Waals surface area contributed by atoms with E-state index in [1.54, 1.807) is 7.11 Å². The summed E-state index contributed by atoms with van der Waals surface area (Å²) in [4.78, 5) is 0. The summed E-state index contributed by atoms with van der Waals surface area (Å²) < 4.78 is 114. The number of hydrogen-bond acceptors (Lipinski definition) is 21. The van der Waals surface area contributed by atoms with Crippen LogP contribution in [0.15, 0.2) is 0 Å². The van der Waals surface area contributed by atoms with Gasteiger partial charge in [0.1, 0.15) is 0 Å². The minimum Gasteiger partial charge on any atom is -0.382 e. The molecule has 0 radical (unpaired) electrons. The summed E-state index contributed by atoms with van der Waals surface area (Å²) in [6, 6.07) is 0. The molecule has 0 bridgehead atoms. The van der Waals surface area contributed by atoms with Crippen LogP contribution in [0, 0.1) is 0 Å². The molecule has 21 nitrogen and oxygen atoms in total. The van der Waals surface area contributed by atoms with Gasteiger partial charge in [0, 0.05) is 13.7 Å². The Morgan fingerprint density at radius 1 is 0.138 bits per heavy atom. The number of methoxy groups -OCH3 is 1. The van der Waals surface area contributed by atoms with Crippen LogP contribution in [0.4, 0.5) is 0 Å². The van der Waals surface area contributed by atoms with Gasteiger partial charge in [0.25, 0.3) is 0 Å². The molecule has 0 rings (SSSR count). The Hall–Kier alpha value is -0.840. The first-order valence-electron chi connectivity index (χ1n) is 23.5. The van der Waals surface area contributed by atoms with E-state index in [4.69, 9.17) is 99.5 Å². The molecule has 0 unspecified atom stereocenters. The van der Waals surface area contributed by atoms with E-state index >= 15 is 0 Å². The van der Waals surface area contributed by atoms with Gasteiger partial charge in [0.2, 0.25) is 0 Å². The lowest BCUT2D eigenvalue weighted by Crippen LogP contribution is -2.16. The summed E-state index contributed by atoms with van der Waals surface area (Å²) in [6.45, 7) is 23.6. The fourth-order valence-electron chi connectivity index (χ4n) is 4.57. The normalized spacial score (nSPS) is 11.7.